The molecule has 0 radical (unpaired) electrons. The van der Waals surface area contributed by atoms with Crippen molar-refractivity contribution in [1.82, 2.24) is 15.3 Å². The number of para-hydroxylation sites is 1. The average molecular weight is 467 g/mol. The van der Waals surface area contributed by atoms with Crippen molar-refractivity contribution in [3.63, 3.8) is 0 Å². The Labute approximate surface area is 196 Å². The standard InChI is InChI=1S/C25H27FN4O4/c1-32-24-17(26)6-4-7-18(24)29-23-20-21-15(13-28-25(20)31)5-2-3-10-33-11-12-34-19-14-27-9-8-16(19)22(23)30-21/h4,6-9,14-15,29-30H,2-3,5,10-13H2,1H3,(H,28,31)/t15-/m1/s1. The highest BCUT2D eigenvalue weighted by atomic mass is 19.1. The monoisotopic (exact) mass is 466 g/mol. The third-order valence-corrected chi connectivity index (χ3v) is 6.23. The van der Waals surface area contributed by atoms with Crippen molar-refractivity contribution in [3.8, 4) is 22.8 Å². The van der Waals surface area contributed by atoms with E-state index < -0.39 is 5.82 Å². The molecule has 1 aromatic carbocycles. The van der Waals surface area contributed by atoms with E-state index in [0.29, 0.717) is 54.7 Å². The number of rotatable bonds is 3. The van der Waals surface area contributed by atoms with Crippen molar-refractivity contribution in [2.24, 2.45) is 0 Å². The number of pyridine rings is 1. The Hall–Kier alpha value is -3.59. The number of hydrogen-bond donors (Lipinski definition) is 3. The summed E-state index contributed by atoms with van der Waals surface area (Å²) in [7, 11) is 1.41. The fourth-order valence-electron chi connectivity index (χ4n) is 4.60. The minimum absolute atomic E-state index is 0.0745. The average Bonchev–Trinajstić information content (AvgIpc) is 3.22. The molecule has 0 aliphatic carbocycles. The lowest BCUT2D eigenvalue weighted by Crippen LogP contribution is -2.35. The zero-order valence-electron chi connectivity index (χ0n) is 18.9. The van der Waals surface area contributed by atoms with Crippen LogP contribution in [-0.2, 0) is 4.74 Å². The second-order valence-electron chi connectivity index (χ2n) is 8.34. The smallest absolute Gasteiger partial charge is 0.255 e. The largest absolute Gasteiger partial charge is 0.492 e. The zero-order valence-corrected chi connectivity index (χ0v) is 18.9. The molecular weight excluding hydrogens is 439 g/mol. The molecule has 1 amide bonds. The van der Waals surface area contributed by atoms with Gasteiger partial charge in [0.1, 0.15) is 12.4 Å². The highest BCUT2D eigenvalue weighted by molar-refractivity contribution is 6.07. The molecule has 0 unspecified atom stereocenters. The molecule has 2 aliphatic rings. The number of halogens is 1. The van der Waals surface area contributed by atoms with Gasteiger partial charge in [-0.05, 0) is 31.0 Å². The summed E-state index contributed by atoms with van der Waals surface area (Å²) in [5.41, 5.74) is 3.76. The maximum atomic E-state index is 14.4. The van der Waals surface area contributed by atoms with Gasteiger partial charge in [-0.1, -0.05) is 12.5 Å². The number of aromatic nitrogens is 2. The van der Waals surface area contributed by atoms with Crippen molar-refractivity contribution in [1.29, 1.82) is 0 Å². The predicted octanol–water partition coefficient (Wildman–Crippen LogP) is 4.37. The van der Waals surface area contributed by atoms with Crippen LogP contribution < -0.4 is 20.1 Å². The van der Waals surface area contributed by atoms with E-state index in [-0.39, 0.29) is 17.6 Å². The molecule has 4 heterocycles. The van der Waals surface area contributed by atoms with E-state index in [1.165, 1.54) is 13.2 Å². The molecule has 3 N–H and O–H groups in total. The van der Waals surface area contributed by atoms with Gasteiger partial charge in [0.15, 0.2) is 11.6 Å². The number of amides is 1. The lowest BCUT2D eigenvalue weighted by atomic mass is 9.91. The number of hydrogen-bond acceptors (Lipinski definition) is 6. The first-order valence-electron chi connectivity index (χ1n) is 11.5. The highest BCUT2D eigenvalue weighted by Crippen LogP contribution is 2.44. The molecule has 3 aromatic rings. The zero-order chi connectivity index (χ0) is 23.5. The third-order valence-electron chi connectivity index (χ3n) is 6.23. The van der Waals surface area contributed by atoms with Crippen LogP contribution in [0.1, 0.15) is 41.2 Å². The van der Waals surface area contributed by atoms with Gasteiger partial charge < -0.3 is 29.8 Å². The number of carbonyl (C=O) groups excluding carboxylic acids is 1. The first kappa shape index (κ1) is 22.2. The van der Waals surface area contributed by atoms with Gasteiger partial charge in [-0.3, -0.25) is 9.78 Å². The Morgan fingerprint density at radius 1 is 1.21 bits per heavy atom. The maximum Gasteiger partial charge on any atom is 0.255 e. The molecule has 2 bridgehead atoms. The number of anilines is 2. The minimum atomic E-state index is -0.493. The summed E-state index contributed by atoms with van der Waals surface area (Å²) in [4.78, 5) is 20.8. The number of ether oxygens (including phenoxy) is 3. The van der Waals surface area contributed by atoms with Crippen molar-refractivity contribution in [2.45, 2.75) is 25.2 Å². The Bertz CT molecular complexity index is 1200. The molecule has 1 atom stereocenters. The molecule has 2 aromatic heterocycles. The number of nitrogens with zero attached hydrogens (tertiary/aromatic N) is 1. The third kappa shape index (κ3) is 4.19. The number of carbonyl (C=O) groups is 1. The van der Waals surface area contributed by atoms with Crippen LogP contribution in [0.3, 0.4) is 0 Å². The maximum absolute atomic E-state index is 14.4. The fourth-order valence-corrected chi connectivity index (χ4v) is 4.60. The summed E-state index contributed by atoms with van der Waals surface area (Å²) in [5, 5.41) is 6.31. The molecule has 0 spiro atoms. The van der Waals surface area contributed by atoms with Crippen molar-refractivity contribution in [3.05, 3.63) is 53.7 Å². The van der Waals surface area contributed by atoms with E-state index in [9.17, 15) is 9.18 Å². The van der Waals surface area contributed by atoms with Gasteiger partial charge in [0.2, 0.25) is 0 Å². The second kappa shape index (κ2) is 9.72. The summed E-state index contributed by atoms with van der Waals surface area (Å²) in [6.45, 7) is 2.07. The van der Waals surface area contributed by atoms with Crippen LogP contribution >= 0.6 is 0 Å². The van der Waals surface area contributed by atoms with E-state index in [1.807, 2.05) is 6.07 Å². The molecule has 0 saturated heterocycles. The van der Waals surface area contributed by atoms with Gasteiger partial charge in [-0.25, -0.2) is 4.39 Å². The number of nitrogens with one attached hydrogen (secondary N) is 3. The van der Waals surface area contributed by atoms with E-state index >= 15 is 0 Å². The van der Waals surface area contributed by atoms with Crippen LogP contribution in [0.25, 0.3) is 11.3 Å². The van der Waals surface area contributed by atoms with E-state index in [4.69, 9.17) is 14.2 Å². The van der Waals surface area contributed by atoms with Crippen molar-refractivity contribution < 1.29 is 23.4 Å². The summed E-state index contributed by atoms with van der Waals surface area (Å²) in [5.74, 6) is 0.0758. The van der Waals surface area contributed by atoms with Gasteiger partial charge in [-0.2, -0.15) is 0 Å². The quantitative estimate of drug-likeness (QED) is 0.530. The molecule has 2 aliphatic heterocycles. The van der Waals surface area contributed by atoms with Gasteiger partial charge in [0.05, 0.1) is 42.5 Å². The number of aromatic amines is 1. The minimum Gasteiger partial charge on any atom is -0.492 e. The summed E-state index contributed by atoms with van der Waals surface area (Å²) in [6, 6.07) is 6.48. The number of H-pyrrole nitrogens is 1. The molecule has 34 heavy (non-hydrogen) atoms. The highest BCUT2D eigenvalue weighted by Gasteiger charge is 2.33. The van der Waals surface area contributed by atoms with Crippen LogP contribution in [0.15, 0.2) is 36.7 Å². The van der Waals surface area contributed by atoms with Crippen molar-refractivity contribution >= 4 is 17.3 Å². The molecule has 0 fully saturated rings. The Kier molecular flexibility index (Phi) is 6.35. The van der Waals surface area contributed by atoms with Gasteiger partial charge in [-0.15, -0.1) is 0 Å². The predicted molar refractivity (Wildman–Crippen MR) is 125 cm³/mol. The molecular formula is C25H27FN4O4. The molecule has 8 nitrogen and oxygen atoms in total. The van der Waals surface area contributed by atoms with Gasteiger partial charge in [0.25, 0.3) is 5.91 Å². The first-order chi connectivity index (χ1) is 16.7. The normalized spacial score (nSPS) is 18.2. The number of fused-ring (bicyclic) bond motifs is 3. The van der Waals surface area contributed by atoms with E-state index in [0.717, 1.165) is 30.5 Å². The van der Waals surface area contributed by atoms with Crippen LogP contribution in [0, 0.1) is 5.82 Å². The number of methoxy groups -OCH3 is 1. The van der Waals surface area contributed by atoms with Gasteiger partial charge >= 0.3 is 0 Å². The molecule has 5 rings (SSSR count). The SMILES string of the molecule is COc1c(F)cccc1Nc1c2[nH]c3c1C(=O)NC[C@H]3CCCCOCCOc1cnccc1-2. The Morgan fingerprint density at radius 2 is 2.12 bits per heavy atom. The molecule has 178 valence electrons. The Balaban J connectivity index is 1.69. The fraction of sp³-hybridized carbons (Fsp3) is 0.360. The topological polar surface area (TPSA) is 97.5 Å². The number of benzene rings is 1. The lowest BCUT2D eigenvalue weighted by Gasteiger charge is -2.24. The Morgan fingerprint density at radius 3 is 3.00 bits per heavy atom. The second-order valence-corrected chi connectivity index (χ2v) is 8.34. The summed E-state index contributed by atoms with van der Waals surface area (Å²) >= 11 is 0. The van der Waals surface area contributed by atoms with E-state index in [1.54, 1.807) is 24.5 Å². The lowest BCUT2D eigenvalue weighted by molar-refractivity contribution is 0.0931. The van der Waals surface area contributed by atoms with Crippen LogP contribution in [0.2, 0.25) is 0 Å². The molecule has 0 saturated carbocycles. The van der Waals surface area contributed by atoms with Crippen LogP contribution in [-0.4, -0.2) is 49.4 Å². The van der Waals surface area contributed by atoms with E-state index in [2.05, 4.69) is 20.6 Å². The molecule has 9 heteroatoms. The summed E-state index contributed by atoms with van der Waals surface area (Å²) in [6.07, 6.45) is 6.11. The summed E-state index contributed by atoms with van der Waals surface area (Å²) < 4.78 is 31.4. The van der Waals surface area contributed by atoms with Crippen LogP contribution in [0.4, 0.5) is 15.8 Å². The van der Waals surface area contributed by atoms with Crippen molar-refractivity contribution in [2.75, 3.05) is 38.8 Å². The van der Waals surface area contributed by atoms with Crippen LogP contribution in [0.5, 0.6) is 11.5 Å². The first-order valence-corrected chi connectivity index (χ1v) is 11.5. The van der Waals surface area contributed by atoms with Gasteiger partial charge in [0, 0.05) is 36.5 Å².